The first kappa shape index (κ1) is 18.7. The van der Waals surface area contributed by atoms with E-state index in [0.717, 1.165) is 37.3 Å². The van der Waals surface area contributed by atoms with Gasteiger partial charge in [0.1, 0.15) is 13.1 Å². The molecule has 1 aromatic rings. The second kappa shape index (κ2) is 7.75. The van der Waals surface area contributed by atoms with Crippen molar-refractivity contribution in [1.29, 1.82) is 0 Å². The van der Waals surface area contributed by atoms with Gasteiger partial charge in [-0.2, -0.15) is 0 Å². The predicted molar refractivity (Wildman–Crippen MR) is 76.8 cm³/mol. The highest BCUT2D eigenvalue weighted by molar-refractivity contribution is 7.92. The molecular formula is C12H23IN4O3S. The van der Waals surface area contributed by atoms with Crippen LogP contribution in [0.3, 0.4) is 0 Å². The first-order chi connectivity index (χ1) is 9.39. The Hall–Kier alpha value is -0.390. The van der Waals surface area contributed by atoms with Crippen LogP contribution in [0.25, 0.3) is 0 Å². The van der Waals surface area contributed by atoms with Crippen molar-refractivity contribution in [1.82, 2.24) is 9.55 Å². The van der Waals surface area contributed by atoms with Gasteiger partial charge in [-0.05, 0) is 0 Å². The second-order valence-corrected chi connectivity index (χ2v) is 7.44. The number of likely N-dealkylation sites (N-methyl/N-ethyl adjacent to an activating group) is 1. The molecule has 0 saturated carbocycles. The predicted octanol–water partition coefficient (Wildman–Crippen LogP) is -2.97. The molecule has 7 nitrogen and oxygen atoms in total. The molecule has 0 amide bonds. The number of sulfonamides is 1. The molecular weight excluding hydrogens is 407 g/mol. The average Bonchev–Trinajstić information content (AvgIpc) is 2.74. The summed E-state index contributed by atoms with van der Waals surface area (Å²) in [4.78, 5) is 3.96. The highest BCUT2D eigenvalue weighted by atomic mass is 127. The van der Waals surface area contributed by atoms with Gasteiger partial charge in [0.15, 0.2) is 5.82 Å². The molecule has 1 aromatic heterocycles. The molecule has 1 aliphatic heterocycles. The van der Waals surface area contributed by atoms with Crippen LogP contribution in [0.2, 0.25) is 0 Å². The van der Waals surface area contributed by atoms with Gasteiger partial charge in [0.25, 0.3) is 0 Å². The number of halogens is 1. The maximum Gasteiger partial charge on any atom is 0.234 e. The Morgan fingerprint density at radius 2 is 2.10 bits per heavy atom. The lowest BCUT2D eigenvalue weighted by molar-refractivity contribution is -0.916. The molecule has 2 rings (SSSR count). The van der Waals surface area contributed by atoms with Crippen LogP contribution < -0.4 is 28.7 Å². The van der Waals surface area contributed by atoms with Gasteiger partial charge in [-0.25, -0.2) is 13.4 Å². The molecule has 1 N–H and O–H groups in total. The Kier molecular flexibility index (Phi) is 6.88. The molecule has 1 aliphatic rings. The summed E-state index contributed by atoms with van der Waals surface area (Å²) in [5, 5.41) is 0. The second-order valence-electron chi connectivity index (χ2n) is 5.60. The highest BCUT2D eigenvalue weighted by Gasteiger charge is 2.25. The van der Waals surface area contributed by atoms with Crippen LogP contribution in [0.5, 0.6) is 0 Å². The molecule has 0 unspecified atom stereocenters. The van der Waals surface area contributed by atoms with E-state index >= 15 is 0 Å². The van der Waals surface area contributed by atoms with Gasteiger partial charge in [-0.15, -0.1) is 0 Å². The fourth-order valence-corrected chi connectivity index (χ4v) is 3.35. The van der Waals surface area contributed by atoms with Crippen LogP contribution >= 0.6 is 0 Å². The van der Waals surface area contributed by atoms with Crippen molar-refractivity contribution in [2.45, 2.75) is 6.42 Å². The van der Waals surface area contributed by atoms with E-state index in [9.17, 15) is 8.42 Å². The van der Waals surface area contributed by atoms with Gasteiger partial charge in [-0.1, -0.05) is 0 Å². The van der Waals surface area contributed by atoms with E-state index in [0.29, 0.717) is 12.2 Å². The standard InChI is InChI=1S/C12H23N4O3S.HI/c1-15-10-12(13-11-15)14-20(17,18)9-3-4-16(2)5-7-19-8-6-16;/h10-11,14H,3-9H2,1-2H3;1H/q+1;/p-1. The summed E-state index contributed by atoms with van der Waals surface area (Å²) in [6, 6.07) is 0. The number of hydrogen-bond acceptors (Lipinski definition) is 4. The molecule has 0 aliphatic carbocycles. The van der Waals surface area contributed by atoms with Gasteiger partial charge in [0.2, 0.25) is 10.0 Å². The number of rotatable bonds is 6. The third-order valence-electron chi connectivity index (χ3n) is 3.63. The third-order valence-corrected chi connectivity index (χ3v) is 4.97. The summed E-state index contributed by atoms with van der Waals surface area (Å²) in [5.41, 5.74) is 0. The number of nitrogens with zero attached hydrogens (tertiary/aromatic N) is 3. The lowest BCUT2D eigenvalue weighted by atomic mass is 10.3. The van der Waals surface area contributed by atoms with E-state index in [1.807, 2.05) is 0 Å². The topological polar surface area (TPSA) is 73.2 Å². The van der Waals surface area contributed by atoms with Crippen molar-refractivity contribution in [2.24, 2.45) is 7.05 Å². The van der Waals surface area contributed by atoms with Crippen LogP contribution in [-0.4, -0.2) is 68.1 Å². The molecule has 9 heteroatoms. The van der Waals surface area contributed by atoms with Crippen molar-refractivity contribution in [3.63, 3.8) is 0 Å². The first-order valence-corrected chi connectivity index (χ1v) is 8.44. The molecule has 1 saturated heterocycles. The zero-order chi connectivity index (χ0) is 14.6. The maximum absolute atomic E-state index is 12.0. The number of aryl methyl sites for hydroxylation is 1. The van der Waals surface area contributed by atoms with Crippen molar-refractivity contribution in [3.05, 3.63) is 12.5 Å². The van der Waals surface area contributed by atoms with E-state index in [1.165, 1.54) is 0 Å². The fraction of sp³-hybridized carbons (Fsp3) is 0.750. The number of quaternary nitrogens is 1. The van der Waals surface area contributed by atoms with Gasteiger partial charge >= 0.3 is 0 Å². The van der Waals surface area contributed by atoms with E-state index in [2.05, 4.69) is 16.8 Å². The Morgan fingerprint density at radius 1 is 1.43 bits per heavy atom. The number of anilines is 1. The Labute approximate surface area is 143 Å². The van der Waals surface area contributed by atoms with Crippen molar-refractivity contribution in [3.8, 4) is 0 Å². The number of imidazole rings is 1. The summed E-state index contributed by atoms with van der Waals surface area (Å²) in [5.74, 6) is 0.498. The van der Waals surface area contributed by atoms with Gasteiger partial charge in [0.05, 0.1) is 38.9 Å². The van der Waals surface area contributed by atoms with Crippen molar-refractivity contribution >= 4 is 15.8 Å². The molecule has 0 radical (unpaired) electrons. The van der Waals surface area contributed by atoms with E-state index in [4.69, 9.17) is 4.74 Å². The van der Waals surface area contributed by atoms with Crippen LogP contribution in [0.15, 0.2) is 12.5 Å². The Morgan fingerprint density at radius 3 is 2.67 bits per heavy atom. The minimum absolute atomic E-state index is 0. The molecule has 122 valence electrons. The Balaban J connectivity index is 0.00000220. The summed E-state index contributed by atoms with van der Waals surface area (Å²) < 4.78 is 34.4. The van der Waals surface area contributed by atoms with Crippen molar-refractivity contribution < 1.29 is 41.6 Å². The number of hydrogen-bond donors (Lipinski definition) is 1. The summed E-state index contributed by atoms with van der Waals surface area (Å²) >= 11 is 0. The zero-order valence-electron chi connectivity index (χ0n) is 12.5. The number of ether oxygens (including phenoxy) is 1. The van der Waals surface area contributed by atoms with E-state index in [-0.39, 0.29) is 29.7 Å². The molecule has 2 heterocycles. The minimum atomic E-state index is -3.32. The molecule has 0 spiro atoms. The highest BCUT2D eigenvalue weighted by Crippen LogP contribution is 2.10. The van der Waals surface area contributed by atoms with Gasteiger partial charge in [-0.3, -0.25) is 4.72 Å². The lowest BCUT2D eigenvalue weighted by Gasteiger charge is -2.37. The number of nitrogens with one attached hydrogen (secondary N) is 1. The fourth-order valence-electron chi connectivity index (χ4n) is 2.32. The Bertz CT molecular complexity index is 540. The van der Waals surface area contributed by atoms with Crippen LogP contribution in [0.4, 0.5) is 5.82 Å². The molecule has 0 atom stereocenters. The smallest absolute Gasteiger partial charge is 0.234 e. The van der Waals surface area contributed by atoms with Crippen molar-refractivity contribution in [2.75, 3.05) is 50.4 Å². The largest absolute Gasteiger partial charge is 1.00 e. The monoisotopic (exact) mass is 430 g/mol. The van der Waals surface area contributed by atoms with Gasteiger partial charge < -0.3 is 37.8 Å². The summed E-state index contributed by atoms with van der Waals surface area (Å²) in [6.07, 6.45) is 3.85. The SMILES string of the molecule is Cn1cnc(NS(=O)(=O)CCC[N+]2(C)CCOCC2)c1.[I-]. The number of aromatic nitrogens is 2. The molecule has 0 bridgehead atoms. The maximum atomic E-state index is 12.0. The van der Waals surface area contributed by atoms with Crippen LogP contribution in [0, 0.1) is 0 Å². The molecule has 21 heavy (non-hydrogen) atoms. The van der Waals surface area contributed by atoms with Crippen LogP contribution in [0.1, 0.15) is 6.42 Å². The summed E-state index contributed by atoms with van der Waals surface area (Å²) in [7, 11) is 0.638. The van der Waals surface area contributed by atoms with Crippen LogP contribution in [-0.2, 0) is 21.8 Å². The van der Waals surface area contributed by atoms with Gasteiger partial charge in [0, 0.05) is 19.7 Å². The normalized spacial score (nSPS) is 18.0. The average molecular weight is 430 g/mol. The molecule has 1 fully saturated rings. The summed E-state index contributed by atoms with van der Waals surface area (Å²) in [6.45, 7) is 4.28. The number of morpholine rings is 1. The minimum Gasteiger partial charge on any atom is -1.00 e. The van der Waals surface area contributed by atoms with E-state index < -0.39 is 10.0 Å². The first-order valence-electron chi connectivity index (χ1n) is 6.78. The molecule has 0 aromatic carbocycles. The quantitative estimate of drug-likeness (QED) is 0.387. The zero-order valence-corrected chi connectivity index (χ0v) is 15.4. The van der Waals surface area contributed by atoms with E-state index in [1.54, 1.807) is 24.1 Å². The lowest BCUT2D eigenvalue weighted by Crippen LogP contribution is -3.00. The third kappa shape index (κ3) is 6.09.